The van der Waals surface area contributed by atoms with Crippen molar-refractivity contribution >= 4 is 17.6 Å². The number of amides is 1. The lowest BCUT2D eigenvalue weighted by Gasteiger charge is -2.16. The van der Waals surface area contributed by atoms with E-state index < -0.39 is 5.97 Å². The quantitative estimate of drug-likeness (QED) is 0.783. The Hall–Kier alpha value is -2.62. The molecule has 2 aromatic rings. The zero-order valence-corrected chi connectivity index (χ0v) is 16.4. The molecule has 1 amide bonds. The van der Waals surface area contributed by atoms with E-state index in [0.29, 0.717) is 5.56 Å². The SMILES string of the molecule is Cc1cc(C)c(C(=O)OCC(=O)Nc2c(C)cccc2C(C)C)c(C)c1. The summed E-state index contributed by atoms with van der Waals surface area (Å²) in [6.07, 6.45) is 0. The third-order valence-electron chi connectivity index (χ3n) is 4.41. The molecule has 4 nitrogen and oxygen atoms in total. The van der Waals surface area contributed by atoms with Crippen LogP contribution in [-0.4, -0.2) is 18.5 Å². The Labute approximate surface area is 155 Å². The highest BCUT2D eigenvalue weighted by atomic mass is 16.5. The zero-order chi connectivity index (χ0) is 19.4. The predicted molar refractivity (Wildman–Crippen MR) is 105 cm³/mol. The van der Waals surface area contributed by atoms with E-state index in [1.54, 1.807) is 0 Å². The minimum atomic E-state index is -0.469. The smallest absolute Gasteiger partial charge is 0.339 e. The molecule has 2 aromatic carbocycles. The van der Waals surface area contributed by atoms with Gasteiger partial charge in [0.05, 0.1) is 5.56 Å². The van der Waals surface area contributed by atoms with Crippen LogP contribution in [0.2, 0.25) is 0 Å². The predicted octanol–water partition coefficient (Wildman–Crippen LogP) is 4.84. The van der Waals surface area contributed by atoms with Gasteiger partial charge >= 0.3 is 5.97 Å². The first-order valence-electron chi connectivity index (χ1n) is 8.85. The van der Waals surface area contributed by atoms with Crippen molar-refractivity contribution in [3.8, 4) is 0 Å². The van der Waals surface area contributed by atoms with Gasteiger partial charge in [-0.05, 0) is 55.9 Å². The highest BCUT2D eigenvalue weighted by Crippen LogP contribution is 2.27. The molecule has 0 saturated carbocycles. The average molecular weight is 353 g/mol. The summed E-state index contributed by atoms with van der Waals surface area (Å²) in [5.74, 6) is -0.522. The molecule has 0 aliphatic rings. The van der Waals surface area contributed by atoms with Crippen LogP contribution in [0.25, 0.3) is 0 Å². The van der Waals surface area contributed by atoms with Crippen molar-refractivity contribution in [2.75, 3.05) is 11.9 Å². The van der Waals surface area contributed by atoms with Crippen LogP contribution >= 0.6 is 0 Å². The number of ether oxygens (including phenoxy) is 1. The van der Waals surface area contributed by atoms with Gasteiger partial charge < -0.3 is 10.1 Å². The van der Waals surface area contributed by atoms with E-state index >= 15 is 0 Å². The third-order valence-corrected chi connectivity index (χ3v) is 4.41. The van der Waals surface area contributed by atoms with Gasteiger partial charge in [0.15, 0.2) is 6.61 Å². The number of carbonyl (C=O) groups is 2. The second-order valence-electron chi connectivity index (χ2n) is 7.09. The Morgan fingerprint density at radius 2 is 1.62 bits per heavy atom. The van der Waals surface area contributed by atoms with Gasteiger partial charge in [0.25, 0.3) is 5.91 Å². The summed E-state index contributed by atoms with van der Waals surface area (Å²) in [6, 6.07) is 9.80. The lowest BCUT2D eigenvalue weighted by atomic mass is 9.98. The normalized spacial score (nSPS) is 10.7. The second kappa shape index (κ2) is 8.17. The molecule has 0 aliphatic carbocycles. The Balaban J connectivity index is 2.08. The number of hydrogen-bond acceptors (Lipinski definition) is 3. The second-order valence-corrected chi connectivity index (χ2v) is 7.09. The summed E-state index contributed by atoms with van der Waals surface area (Å²) in [5, 5.41) is 2.89. The van der Waals surface area contributed by atoms with Crippen LogP contribution in [0.3, 0.4) is 0 Å². The highest BCUT2D eigenvalue weighted by Gasteiger charge is 2.17. The molecule has 0 saturated heterocycles. The van der Waals surface area contributed by atoms with Gasteiger partial charge in [0.1, 0.15) is 0 Å². The van der Waals surface area contributed by atoms with Crippen molar-refractivity contribution in [1.29, 1.82) is 0 Å². The van der Waals surface area contributed by atoms with Gasteiger partial charge in [-0.2, -0.15) is 0 Å². The number of esters is 1. The molecule has 26 heavy (non-hydrogen) atoms. The number of hydrogen-bond donors (Lipinski definition) is 1. The first-order chi connectivity index (χ1) is 12.2. The van der Waals surface area contributed by atoms with Crippen molar-refractivity contribution in [3.05, 3.63) is 63.7 Å². The van der Waals surface area contributed by atoms with E-state index in [-0.39, 0.29) is 18.4 Å². The Bertz CT molecular complexity index is 814. The largest absolute Gasteiger partial charge is 0.452 e. The maximum absolute atomic E-state index is 12.4. The fourth-order valence-corrected chi connectivity index (χ4v) is 3.22. The Morgan fingerprint density at radius 3 is 2.19 bits per heavy atom. The van der Waals surface area contributed by atoms with Gasteiger partial charge in [-0.15, -0.1) is 0 Å². The van der Waals surface area contributed by atoms with Crippen molar-refractivity contribution in [2.45, 2.75) is 47.5 Å². The van der Waals surface area contributed by atoms with Crippen molar-refractivity contribution in [2.24, 2.45) is 0 Å². The first-order valence-corrected chi connectivity index (χ1v) is 8.85. The van der Waals surface area contributed by atoms with E-state index in [1.807, 2.05) is 58.0 Å². The number of anilines is 1. The van der Waals surface area contributed by atoms with E-state index in [1.165, 1.54) is 0 Å². The topological polar surface area (TPSA) is 55.4 Å². The van der Waals surface area contributed by atoms with Crippen molar-refractivity contribution < 1.29 is 14.3 Å². The number of rotatable bonds is 5. The minimum Gasteiger partial charge on any atom is -0.452 e. The summed E-state index contributed by atoms with van der Waals surface area (Å²) in [7, 11) is 0. The average Bonchev–Trinajstić information content (AvgIpc) is 2.53. The van der Waals surface area contributed by atoms with E-state index in [9.17, 15) is 9.59 Å². The van der Waals surface area contributed by atoms with E-state index in [0.717, 1.165) is 33.5 Å². The molecule has 0 unspecified atom stereocenters. The molecular weight excluding hydrogens is 326 g/mol. The third kappa shape index (κ3) is 4.51. The monoisotopic (exact) mass is 353 g/mol. The number of para-hydroxylation sites is 1. The van der Waals surface area contributed by atoms with Gasteiger partial charge in [-0.3, -0.25) is 4.79 Å². The van der Waals surface area contributed by atoms with Crippen LogP contribution in [0, 0.1) is 27.7 Å². The molecule has 0 atom stereocenters. The summed E-state index contributed by atoms with van der Waals surface area (Å²) >= 11 is 0. The summed E-state index contributed by atoms with van der Waals surface area (Å²) in [5.41, 5.74) is 6.18. The van der Waals surface area contributed by atoms with E-state index in [2.05, 4.69) is 19.2 Å². The molecule has 0 radical (unpaired) electrons. The number of nitrogens with one attached hydrogen (secondary N) is 1. The molecule has 1 N–H and O–H groups in total. The highest BCUT2D eigenvalue weighted by molar-refractivity contribution is 5.97. The summed E-state index contributed by atoms with van der Waals surface area (Å²) in [4.78, 5) is 24.7. The molecule has 138 valence electrons. The minimum absolute atomic E-state index is 0.283. The van der Waals surface area contributed by atoms with Gasteiger partial charge in [0, 0.05) is 5.69 Å². The number of aryl methyl sites for hydroxylation is 4. The number of benzene rings is 2. The molecule has 2 rings (SSSR count). The molecule has 0 aromatic heterocycles. The molecular formula is C22H27NO3. The van der Waals surface area contributed by atoms with Crippen LogP contribution in [-0.2, 0) is 9.53 Å². The molecule has 0 aliphatic heterocycles. The fourth-order valence-electron chi connectivity index (χ4n) is 3.22. The molecule has 0 fully saturated rings. The van der Waals surface area contributed by atoms with Crippen LogP contribution < -0.4 is 5.32 Å². The molecule has 0 spiro atoms. The number of carbonyl (C=O) groups excluding carboxylic acids is 2. The van der Waals surface area contributed by atoms with Crippen molar-refractivity contribution in [3.63, 3.8) is 0 Å². The van der Waals surface area contributed by atoms with Crippen LogP contribution in [0.1, 0.15) is 57.9 Å². The molecule has 0 bridgehead atoms. The molecule has 0 heterocycles. The zero-order valence-electron chi connectivity index (χ0n) is 16.4. The fraction of sp³-hybridized carbons (Fsp3) is 0.364. The summed E-state index contributed by atoms with van der Waals surface area (Å²) < 4.78 is 5.25. The van der Waals surface area contributed by atoms with E-state index in [4.69, 9.17) is 4.74 Å². The van der Waals surface area contributed by atoms with Gasteiger partial charge in [0.2, 0.25) is 0 Å². The van der Waals surface area contributed by atoms with Gasteiger partial charge in [-0.25, -0.2) is 4.79 Å². The standard InChI is InChI=1S/C22H27NO3/c1-13(2)18-9-7-8-15(4)21(18)23-19(24)12-26-22(25)20-16(5)10-14(3)11-17(20)6/h7-11,13H,12H2,1-6H3,(H,23,24). The lowest BCUT2D eigenvalue weighted by molar-refractivity contribution is -0.119. The lowest BCUT2D eigenvalue weighted by Crippen LogP contribution is -2.23. The summed E-state index contributed by atoms with van der Waals surface area (Å²) in [6.45, 7) is 11.5. The first kappa shape index (κ1) is 19.7. The Morgan fingerprint density at radius 1 is 1.00 bits per heavy atom. The van der Waals surface area contributed by atoms with Crippen LogP contribution in [0.15, 0.2) is 30.3 Å². The maximum Gasteiger partial charge on any atom is 0.339 e. The van der Waals surface area contributed by atoms with Crippen molar-refractivity contribution in [1.82, 2.24) is 0 Å². The van der Waals surface area contributed by atoms with Crippen LogP contribution in [0.5, 0.6) is 0 Å². The maximum atomic E-state index is 12.4. The van der Waals surface area contributed by atoms with Gasteiger partial charge in [-0.1, -0.05) is 49.7 Å². The Kier molecular flexibility index (Phi) is 6.19. The molecule has 4 heteroatoms. The van der Waals surface area contributed by atoms with Crippen LogP contribution in [0.4, 0.5) is 5.69 Å².